The zero-order valence-corrected chi connectivity index (χ0v) is 10.7. The number of nitrogens with one attached hydrogen (secondary N) is 1. The maximum Gasteiger partial charge on any atom is 0.183 e. The second kappa shape index (κ2) is 5.14. The van der Waals surface area contributed by atoms with Crippen LogP contribution in [0.2, 0.25) is 0 Å². The molecule has 4 heteroatoms. The molecule has 0 atom stereocenters. The molecule has 0 aliphatic carbocycles. The molecule has 0 unspecified atom stereocenters. The first-order chi connectivity index (χ1) is 8.92. The van der Waals surface area contributed by atoms with Crippen molar-refractivity contribution in [3.8, 4) is 0 Å². The van der Waals surface area contributed by atoms with E-state index in [4.69, 9.17) is 0 Å². The van der Waals surface area contributed by atoms with E-state index in [1.54, 1.807) is 11.3 Å². The minimum absolute atomic E-state index is 0.893. The van der Waals surface area contributed by atoms with Crippen LogP contribution in [0, 0.1) is 0 Å². The zero-order chi connectivity index (χ0) is 12.2. The number of anilines is 1. The second-order valence-electron chi connectivity index (χ2n) is 4.02. The normalized spacial score (nSPS) is 10.7. The van der Waals surface area contributed by atoms with Gasteiger partial charge in [-0.15, -0.1) is 0 Å². The molecule has 2 heterocycles. The summed E-state index contributed by atoms with van der Waals surface area (Å²) in [6, 6.07) is 12.3. The van der Waals surface area contributed by atoms with Crippen LogP contribution in [0.15, 0.2) is 48.8 Å². The molecule has 0 fully saturated rings. The first kappa shape index (κ1) is 11.2. The van der Waals surface area contributed by atoms with Crippen molar-refractivity contribution in [2.24, 2.45) is 0 Å². The third-order valence-electron chi connectivity index (χ3n) is 2.73. The number of nitrogens with zero attached hydrogens (tertiary/aromatic N) is 2. The van der Waals surface area contributed by atoms with Crippen molar-refractivity contribution in [3.63, 3.8) is 0 Å². The third kappa shape index (κ3) is 2.49. The molecular weight excluding hydrogens is 242 g/mol. The lowest BCUT2D eigenvalue weighted by molar-refractivity contribution is 1.01. The van der Waals surface area contributed by atoms with Crippen LogP contribution in [0.4, 0.5) is 5.13 Å². The number of rotatable bonds is 4. The fourth-order valence-corrected chi connectivity index (χ4v) is 2.70. The van der Waals surface area contributed by atoms with Crippen LogP contribution >= 0.6 is 11.3 Å². The topological polar surface area (TPSA) is 37.8 Å². The van der Waals surface area contributed by atoms with Crippen LogP contribution < -0.4 is 5.32 Å². The van der Waals surface area contributed by atoms with Crippen molar-refractivity contribution in [2.45, 2.75) is 6.42 Å². The minimum atomic E-state index is 0.893. The third-order valence-corrected chi connectivity index (χ3v) is 3.73. The first-order valence-corrected chi connectivity index (χ1v) is 6.72. The predicted octanol–water partition coefficient (Wildman–Crippen LogP) is 3.35. The molecule has 3 nitrogen and oxygen atoms in total. The van der Waals surface area contributed by atoms with Gasteiger partial charge in [0, 0.05) is 18.9 Å². The average Bonchev–Trinajstić information content (AvgIpc) is 2.82. The molecule has 1 N–H and O–H groups in total. The number of hydrogen-bond acceptors (Lipinski definition) is 4. The van der Waals surface area contributed by atoms with Crippen LogP contribution in [0.3, 0.4) is 0 Å². The van der Waals surface area contributed by atoms with E-state index in [1.165, 1.54) is 10.3 Å². The maximum absolute atomic E-state index is 4.54. The summed E-state index contributed by atoms with van der Waals surface area (Å²) < 4.78 is 1.23. The standard InChI is InChI=1S/C14H13N3S/c1-2-4-13-12(3-1)17-14(18-13)16-10-7-11-5-8-15-9-6-11/h1-6,8-9H,7,10H2,(H,16,17). The van der Waals surface area contributed by atoms with E-state index in [0.29, 0.717) is 0 Å². The van der Waals surface area contributed by atoms with Gasteiger partial charge in [-0.3, -0.25) is 4.98 Å². The van der Waals surface area contributed by atoms with E-state index in [1.807, 2.05) is 42.7 Å². The number of pyridine rings is 1. The summed E-state index contributed by atoms with van der Waals surface area (Å²) in [6.45, 7) is 0.893. The number of fused-ring (bicyclic) bond motifs is 1. The van der Waals surface area contributed by atoms with Gasteiger partial charge in [-0.25, -0.2) is 4.98 Å². The maximum atomic E-state index is 4.54. The van der Waals surface area contributed by atoms with Crippen LogP contribution in [0.1, 0.15) is 5.56 Å². The molecule has 0 radical (unpaired) electrons. The molecule has 0 saturated carbocycles. The van der Waals surface area contributed by atoms with Gasteiger partial charge in [0.2, 0.25) is 0 Å². The van der Waals surface area contributed by atoms with Gasteiger partial charge in [0.05, 0.1) is 10.2 Å². The average molecular weight is 255 g/mol. The summed E-state index contributed by atoms with van der Waals surface area (Å²) in [5, 5.41) is 4.36. The molecule has 90 valence electrons. The molecule has 3 aromatic rings. The Morgan fingerprint density at radius 2 is 1.89 bits per heavy atom. The quantitative estimate of drug-likeness (QED) is 0.777. The van der Waals surface area contributed by atoms with Crippen molar-refractivity contribution in [1.29, 1.82) is 0 Å². The van der Waals surface area contributed by atoms with E-state index < -0.39 is 0 Å². The Morgan fingerprint density at radius 3 is 2.72 bits per heavy atom. The summed E-state index contributed by atoms with van der Waals surface area (Å²) >= 11 is 1.70. The van der Waals surface area contributed by atoms with Crippen LogP contribution in [0.5, 0.6) is 0 Å². The Morgan fingerprint density at radius 1 is 1.06 bits per heavy atom. The molecule has 1 aromatic carbocycles. The zero-order valence-electron chi connectivity index (χ0n) is 9.84. The molecule has 18 heavy (non-hydrogen) atoms. The van der Waals surface area contributed by atoms with Gasteiger partial charge in [0.1, 0.15) is 0 Å². The molecule has 3 rings (SSSR count). The molecule has 0 saturated heterocycles. The summed E-state index contributed by atoms with van der Waals surface area (Å²) in [4.78, 5) is 8.55. The second-order valence-corrected chi connectivity index (χ2v) is 5.05. The largest absolute Gasteiger partial charge is 0.361 e. The number of benzene rings is 1. The van der Waals surface area contributed by atoms with Crippen molar-refractivity contribution < 1.29 is 0 Å². The van der Waals surface area contributed by atoms with Gasteiger partial charge >= 0.3 is 0 Å². The summed E-state index contributed by atoms with van der Waals surface area (Å²) in [7, 11) is 0. The Balaban J connectivity index is 1.63. The minimum Gasteiger partial charge on any atom is -0.361 e. The van der Waals surface area contributed by atoms with Gasteiger partial charge in [0.15, 0.2) is 5.13 Å². The van der Waals surface area contributed by atoms with Crippen molar-refractivity contribution in [2.75, 3.05) is 11.9 Å². The lowest BCUT2D eigenvalue weighted by Crippen LogP contribution is -2.04. The summed E-state index contributed by atoms with van der Waals surface area (Å²) in [6.07, 6.45) is 4.64. The van der Waals surface area contributed by atoms with Crippen LogP contribution in [-0.2, 0) is 6.42 Å². The molecule has 0 amide bonds. The van der Waals surface area contributed by atoms with Crippen molar-refractivity contribution in [1.82, 2.24) is 9.97 Å². The molecule has 0 spiro atoms. The van der Waals surface area contributed by atoms with Gasteiger partial charge in [0.25, 0.3) is 0 Å². The fourth-order valence-electron chi connectivity index (χ4n) is 1.81. The SMILES string of the molecule is c1ccc2sc(NCCc3ccncc3)nc2c1. The fraction of sp³-hybridized carbons (Fsp3) is 0.143. The first-order valence-electron chi connectivity index (χ1n) is 5.90. The molecule has 0 aliphatic heterocycles. The number of para-hydroxylation sites is 1. The van der Waals surface area contributed by atoms with Crippen molar-refractivity contribution >= 4 is 26.7 Å². The lowest BCUT2D eigenvalue weighted by Gasteiger charge is -2.01. The Kier molecular flexibility index (Phi) is 3.19. The molecule has 0 bridgehead atoms. The van der Waals surface area contributed by atoms with Gasteiger partial charge in [-0.2, -0.15) is 0 Å². The highest BCUT2D eigenvalue weighted by atomic mass is 32.1. The Labute approximate surface area is 110 Å². The summed E-state index contributed by atoms with van der Waals surface area (Å²) in [5.41, 5.74) is 2.35. The van der Waals surface area contributed by atoms with Crippen LogP contribution in [0.25, 0.3) is 10.2 Å². The van der Waals surface area contributed by atoms with E-state index in [0.717, 1.165) is 23.6 Å². The number of thiazole rings is 1. The molecule has 2 aromatic heterocycles. The van der Waals surface area contributed by atoms with Gasteiger partial charge in [-0.1, -0.05) is 23.5 Å². The predicted molar refractivity (Wildman–Crippen MR) is 76.1 cm³/mol. The summed E-state index contributed by atoms with van der Waals surface area (Å²) in [5.74, 6) is 0. The number of aromatic nitrogens is 2. The van der Waals surface area contributed by atoms with Crippen LogP contribution in [-0.4, -0.2) is 16.5 Å². The smallest absolute Gasteiger partial charge is 0.183 e. The highest BCUT2D eigenvalue weighted by Crippen LogP contribution is 2.25. The van der Waals surface area contributed by atoms with E-state index in [9.17, 15) is 0 Å². The van der Waals surface area contributed by atoms with E-state index >= 15 is 0 Å². The monoisotopic (exact) mass is 255 g/mol. The Hall–Kier alpha value is -1.94. The number of hydrogen-bond donors (Lipinski definition) is 1. The van der Waals surface area contributed by atoms with Crippen molar-refractivity contribution in [3.05, 3.63) is 54.4 Å². The van der Waals surface area contributed by atoms with Gasteiger partial charge < -0.3 is 5.32 Å². The van der Waals surface area contributed by atoms with E-state index in [2.05, 4.69) is 21.4 Å². The van der Waals surface area contributed by atoms with E-state index in [-0.39, 0.29) is 0 Å². The molecular formula is C14H13N3S. The molecule has 0 aliphatic rings. The lowest BCUT2D eigenvalue weighted by atomic mass is 10.2. The Bertz CT molecular complexity index is 601. The highest BCUT2D eigenvalue weighted by molar-refractivity contribution is 7.22. The highest BCUT2D eigenvalue weighted by Gasteiger charge is 2.01. The van der Waals surface area contributed by atoms with Gasteiger partial charge in [-0.05, 0) is 36.2 Å².